The van der Waals surface area contributed by atoms with Gasteiger partial charge < -0.3 is 8.83 Å². The normalized spacial score (nSPS) is 10.6. The topological polar surface area (TPSA) is 69.4 Å². The SMILES string of the molecule is Cc1cc([N+](=O)[O-])c2oc(=S)oc2c1. The zero-order valence-corrected chi connectivity index (χ0v) is 7.96. The van der Waals surface area contributed by atoms with Crippen molar-refractivity contribution in [3.05, 3.63) is 32.7 Å². The number of fused-ring (bicyclic) bond motifs is 1. The lowest BCUT2D eigenvalue weighted by molar-refractivity contribution is -0.383. The quantitative estimate of drug-likeness (QED) is 0.412. The summed E-state index contributed by atoms with van der Waals surface area (Å²) in [6.07, 6.45) is 0. The molecule has 1 heterocycles. The second-order valence-electron chi connectivity index (χ2n) is 2.82. The summed E-state index contributed by atoms with van der Waals surface area (Å²) in [5, 5.41) is 10.6. The van der Waals surface area contributed by atoms with Crippen LogP contribution in [0.1, 0.15) is 5.56 Å². The van der Waals surface area contributed by atoms with Crippen LogP contribution in [0.15, 0.2) is 21.0 Å². The first-order valence-electron chi connectivity index (χ1n) is 3.76. The van der Waals surface area contributed by atoms with Crippen molar-refractivity contribution in [3.8, 4) is 0 Å². The summed E-state index contributed by atoms with van der Waals surface area (Å²) >= 11 is 4.65. The minimum absolute atomic E-state index is 0.0885. The van der Waals surface area contributed by atoms with Crippen LogP contribution in [-0.4, -0.2) is 4.92 Å². The average Bonchev–Trinajstić information content (AvgIpc) is 2.42. The molecule has 0 saturated heterocycles. The van der Waals surface area contributed by atoms with Crippen LogP contribution in [0.25, 0.3) is 11.2 Å². The van der Waals surface area contributed by atoms with Crippen molar-refractivity contribution in [1.82, 2.24) is 0 Å². The third kappa shape index (κ3) is 1.29. The molecule has 0 aliphatic heterocycles. The zero-order chi connectivity index (χ0) is 10.3. The minimum Gasteiger partial charge on any atom is -0.413 e. The highest BCUT2D eigenvalue weighted by Gasteiger charge is 2.17. The number of non-ortho nitro benzene ring substituents is 1. The van der Waals surface area contributed by atoms with Crippen molar-refractivity contribution in [2.45, 2.75) is 6.92 Å². The van der Waals surface area contributed by atoms with E-state index in [-0.39, 0.29) is 16.2 Å². The number of rotatable bonds is 1. The monoisotopic (exact) mass is 211 g/mol. The molecule has 0 radical (unpaired) electrons. The van der Waals surface area contributed by atoms with Crippen molar-refractivity contribution >= 4 is 29.1 Å². The summed E-state index contributed by atoms with van der Waals surface area (Å²) in [7, 11) is 0. The van der Waals surface area contributed by atoms with Gasteiger partial charge in [-0.05, 0) is 18.6 Å². The lowest BCUT2D eigenvalue weighted by Crippen LogP contribution is -1.88. The predicted molar refractivity (Wildman–Crippen MR) is 50.7 cm³/mol. The molecule has 0 fully saturated rings. The van der Waals surface area contributed by atoms with Crippen LogP contribution in [0.4, 0.5) is 5.69 Å². The molecular formula is C8H5NO4S. The van der Waals surface area contributed by atoms with Gasteiger partial charge in [-0.2, -0.15) is 0 Å². The molecule has 0 amide bonds. The van der Waals surface area contributed by atoms with E-state index in [0.29, 0.717) is 5.58 Å². The van der Waals surface area contributed by atoms with Crippen LogP contribution in [-0.2, 0) is 0 Å². The Morgan fingerprint density at radius 2 is 2.14 bits per heavy atom. The fourth-order valence-corrected chi connectivity index (χ4v) is 1.40. The summed E-state index contributed by atoms with van der Waals surface area (Å²) < 4.78 is 9.91. The molecule has 1 aromatic carbocycles. The molecule has 14 heavy (non-hydrogen) atoms. The third-order valence-electron chi connectivity index (χ3n) is 1.75. The van der Waals surface area contributed by atoms with E-state index in [1.54, 1.807) is 13.0 Å². The smallest absolute Gasteiger partial charge is 0.363 e. The first-order valence-corrected chi connectivity index (χ1v) is 4.17. The van der Waals surface area contributed by atoms with E-state index in [4.69, 9.17) is 8.83 Å². The Labute approximate surface area is 83.1 Å². The molecule has 0 saturated carbocycles. The number of aryl methyl sites for hydroxylation is 1. The number of nitro groups is 1. The van der Waals surface area contributed by atoms with Gasteiger partial charge in [0.05, 0.1) is 4.92 Å². The van der Waals surface area contributed by atoms with Crippen LogP contribution in [0.5, 0.6) is 0 Å². The van der Waals surface area contributed by atoms with Crippen molar-refractivity contribution in [1.29, 1.82) is 0 Å². The molecule has 0 aliphatic carbocycles. The van der Waals surface area contributed by atoms with Gasteiger partial charge in [0.15, 0.2) is 5.58 Å². The Morgan fingerprint density at radius 3 is 2.79 bits per heavy atom. The van der Waals surface area contributed by atoms with E-state index in [9.17, 15) is 10.1 Å². The highest BCUT2D eigenvalue weighted by molar-refractivity contribution is 7.71. The molecule has 0 spiro atoms. The molecule has 0 N–H and O–H groups in total. The van der Waals surface area contributed by atoms with Crippen LogP contribution in [0.3, 0.4) is 0 Å². The van der Waals surface area contributed by atoms with Gasteiger partial charge in [0.1, 0.15) is 0 Å². The standard InChI is InChI=1S/C8H5NO4S/c1-4-2-5(9(10)11)7-6(3-4)12-8(14)13-7/h2-3H,1H3. The zero-order valence-electron chi connectivity index (χ0n) is 7.14. The Kier molecular flexibility index (Phi) is 1.85. The molecule has 5 nitrogen and oxygen atoms in total. The number of nitrogens with zero attached hydrogens (tertiary/aromatic N) is 1. The Morgan fingerprint density at radius 1 is 1.43 bits per heavy atom. The molecular weight excluding hydrogens is 206 g/mol. The van der Waals surface area contributed by atoms with Gasteiger partial charge in [-0.15, -0.1) is 0 Å². The molecule has 6 heteroatoms. The van der Waals surface area contributed by atoms with Crippen LogP contribution in [0.2, 0.25) is 0 Å². The largest absolute Gasteiger partial charge is 0.413 e. The van der Waals surface area contributed by atoms with Crippen LogP contribution < -0.4 is 0 Å². The summed E-state index contributed by atoms with van der Waals surface area (Å²) in [6.45, 7) is 1.73. The predicted octanol–water partition coefficient (Wildman–Crippen LogP) is 2.97. The van der Waals surface area contributed by atoms with Crippen molar-refractivity contribution in [2.75, 3.05) is 0 Å². The maximum absolute atomic E-state index is 10.6. The first kappa shape index (κ1) is 8.89. The fourth-order valence-electron chi connectivity index (χ4n) is 1.23. The Bertz CT molecular complexity index is 568. The second kappa shape index (κ2) is 2.91. The van der Waals surface area contributed by atoms with Gasteiger partial charge in [0.25, 0.3) is 5.58 Å². The summed E-state index contributed by atoms with van der Waals surface area (Å²) in [4.78, 5) is 10.0. The first-order chi connectivity index (χ1) is 6.58. The van der Waals surface area contributed by atoms with E-state index >= 15 is 0 Å². The minimum atomic E-state index is -0.525. The van der Waals surface area contributed by atoms with Gasteiger partial charge in [0, 0.05) is 18.3 Å². The Balaban J connectivity index is 2.92. The van der Waals surface area contributed by atoms with E-state index in [1.807, 2.05) is 0 Å². The number of hydrogen-bond acceptors (Lipinski definition) is 5. The Hall–Kier alpha value is -1.69. The molecule has 0 unspecified atom stereocenters. The van der Waals surface area contributed by atoms with Crippen molar-refractivity contribution in [3.63, 3.8) is 0 Å². The fraction of sp³-hybridized carbons (Fsp3) is 0.125. The number of benzene rings is 1. The molecule has 2 rings (SSSR count). The van der Waals surface area contributed by atoms with E-state index in [0.717, 1.165) is 5.56 Å². The van der Waals surface area contributed by atoms with E-state index in [1.165, 1.54) is 6.07 Å². The molecule has 1 aromatic heterocycles. The van der Waals surface area contributed by atoms with Gasteiger partial charge >= 0.3 is 10.6 Å². The van der Waals surface area contributed by atoms with E-state index < -0.39 is 4.92 Å². The summed E-state index contributed by atoms with van der Waals surface area (Å²) in [5.74, 6) is 0. The highest BCUT2D eigenvalue weighted by Crippen LogP contribution is 2.28. The van der Waals surface area contributed by atoms with Crippen molar-refractivity contribution < 1.29 is 13.8 Å². The summed E-state index contributed by atoms with van der Waals surface area (Å²) in [6, 6.07) is 3.05. The second-order valence-corrected chi connectivity index (χ2v) is 3.16. The summed E-state index contributed by atoms with van der Waals surface area (Å²) in [5.41, 5.74) is 0.996. The van der Waals surface area contributed by atoms with Gasteiger partial charge in [-0.25, -0.2) is 0 Å². The van der Waals surface area contributed by atoms with Gasteiger partial charge in [-0.3, -0.25) is 10.1 Å². The molecule has 0 bridgehead atoms. The van der Waals surface area contributed by atoms with Crippen molar-refractivity contribution in [2.24, 2.45) is 0 Å². The van der Waals surface area contributed by atoms with Gasteiger partial charge in [0.2, 0.25) is 0 Å². The molecule has 72 valence electrons. The van der Waals surface area contributed by atoms with E-state index in [2.05, 4.69) is 12.2 Å². The van der Waals surface area contributed by atoms with Crippen LogP contribution >= 0.6 is 12.2 Å². The average molecular weight is 211 g/mol. The third-order valence-corrected chi connectivity index (χ3v) is 1.92. The molecule has 0 atom stereocenters. The number of hydrogen-bond donors (Lipinski definition) is 0. The maximum atomic E-state index is 10.6. The number of nitro benzene ring substituents is 1. The lowest BCUT2D eigenvalue weighted by atomic mass is 10.2. The van der Waals surface area contributed by atoms with Gasteiger partial charge in [-0.1, -0.05) is 0 Å². The lowest BCUT2D eigenvalue weighted by Gasteiger charge is -1.92. The maximum Gasteiger partial charge on any atom is 0.363 e. The van der Waals surface area contributed by atoms with Crippen LogP contribution in [0, 0.1) is 21.9 Å². The molecule has 0 aliphatic rings. The molecule has 2 aromatic rings. The highest BCUT2D eigenvalue weighted by atomic mass is 32.1.